The Balaban J connectivity index is 1.68. The highest BCUT2D eigenvalue weighted by atomic mass is 32.2. The Hall–Kier alpha value is -2.54. The number of rotatable bonds is 4. The molecule has 12 heteroatoms. The zero-order valence-electron chi connectivity index (χ0n) is 16.7. The molecule has 4 heterocycles. The summed E-state index contributed by atoms with van der Waals surface area (Å²) in [5.74, 6) is 0. The average molecular weight is 455 g/mol. The molecule has 0 unspecified atom stereocenters. The van der Waals surface area contributed by atoms with Crippen LogP contribution in [0.3, 0.4) is 0 Å². The molecule has 0 N–H and O–H groups in total. The number of aromatic nitrogens is 3. The molecule has 31 heavy (non-hydrogen) atoms. The van der Waals surface area contributed by atoms with Crippen LogP contribution in [0.1, 0.15) is 17.4 Å². The van der Waals surface area contributed by atoms with Crippen molar-refractivity contribution in [3.05, 3.63) is 54.0 Å². The highest BCUT2D eigenvalue weighted by Crippen LogP contribution is 2.31. The van der Waals surface area contributed by atoms with Crippen LogP contribution in [0, 0.1) is 0 Å². The fourth-order valence-corrected chi connectivity index (χ4v) is 4.45. The summed E-state index contributed by atoms with van der Waals surface area (Å²) in [6.07, 6.45) is -2.66. The van der Waals surface area contributed by atoms with E-state index in [9.17, 15) is 21.6 Å². The van der Waals surface area contributed by atoms with E-state index in [0.29, 0.717) is 22.7 Å². The van der Waals surface area contributed by atoms with Gasteiger partial charge in [0, 0.05) is 33.4 Å². The lowest BCUT2D eigenvalue weighted by molar-refractivity contribution is -0.137. The van der Waals surface area contributed by atoms with Gasteiger partial charge < -0.3 is 4.74 Å². The van der Waals surface area contributed by atoms with Gasteiger partial charge in [-0.2, -0.15) is 30.2 Å². The third-order valence-electron chi connectivity index (χ3n) is 5.01. The Morgan fingerprint density at radius 3 is 2.68 bits per heavy atom. The number of nitrogens with zero attached hydrogens (tertiary/aromatic N) is 5. The SMILES string of the molecule is CN(C)S(=O)(=O)N1CCO[C@@H](c2cccc(-c3cnc4ccc(C(F)(F)F)cn34)n2)C1. The van der Waals surface area contributed by atoms with Crippen LogP contribution in [-0.2, 0) is 21.1 Å². The molecular formula is C19H20F3N5O3S. The second-order valence-corrected chi connectivity index (χ2v) is 9.38. The van der Waals surface area contributed by atoms with Gasteiger partial charge in [0.1, 0.15) is 11.8 Å². The normalized spacial score (nSPS) is 18.7. The van der Waals surface area contributed by atoms with Crippen LogP contribution in [0.25, 0.3) is 17.0 Å². The number of imidazole rings is 1. The van der Waals surface area contributed by atoms with Crippen molar-refractivity contribution in [2.24, 2.45) is 0 Å². The van der Waals surface area contributed by atoms with E-state index < -0.39 is 28.1 Å². The van der Waals surface area contributed by atoms with E-state index in [1.165, 1.54) is 35.1 Å². The number of pyridine rings is 2. The minimum atomic E-state index is -4.48. The Kier molecular flexibility index (Phi) is 5.50. The van der Waals surface area contributed by atoms with Crippen LogP contribution >= 0.6 is 0 Å². The molecule has 0 aromatic carbocycles. The number of halogens is 3. The van der Waals surface area contributed by atoms with Crippen molar-refractivity contribution in [1.82, 2.24) is 23.0 Å². The Labute approximate surface area is 177 Å². The zero-order valence-corrected chi connectivity index (χ0v) is 17.6. The standard InChI is InChI=1S/C19H20F3N5O3S/c1-25(2)31(28,29)26-8-9-30-17(12-26)15-5-3-4-14(24-15)16-10-23-18-7-6-13(11-27(16)18)19(20,21)22/h3-7,10-11,17H,8-9,12H2,1-2H3/t17-/m1/s1. The van der Waals surface area contributed by atoms with Crippen molar-refractivity contribution in [2.75, 3.05) is 33.8 Å². The Morgan fingerprint density at radius 1 is 1.19 bits per heavy atom. The van der Waals surface area contributed by atoms with Gasteiger partial charge in [-0.3, -0.25) is 4.40 Å². The molecule has 1 aliphatic rings. The first-order chi connectivity index (χ1) is 14.6. The summed E-state index contributed by atoms with van der Waals surface area (Å²) in [7, 11) is -0.690. The number of alkyl halides is 3. The Bertz CT molecular complexity index is 1210. The van der Waals surface area contributed by atoms with Crippen molar-refractivity contribution >= 4 is 15.9 Å². The first-order valence-electron chi connectivity index (χ1n) is 9.38. The summed E-state index contributed by atoms with van der Waals surface area (Å²) in [6, 6.07) is 7.33. The molecule has 0 amide bonds. The van der Waals surface area contributed by atoms with E-state index in [1.807, 2.05) is 0 Å². The van der Waals surface area contributed by atoms with E-state index in [-0.39, 0.29) is 19.7 Å². The molecule has 3 aromatic rings. The number of hydrogen-bond donors (Lipinski definition) is 0. The van der Waals surface area contributed by atoms with Crippen LogP contribution in [-0.4, -0.2) is 65.2 Å². The highest BCUT2D eigenvalue weighted by Gasteiger charge is 2.33. The first kappa shape index (κ1) is 21.7. The molecule has 3 aromatic heterocycles. The number of fused-ring (bicyclic) bond motifs is 1. The summed E-state index contributed by atoms with van der Waals surface area (Å²) in [4.78, 5) is 8.70. The number of morpholine rings is 1. The quantitative estimate of drug-likeness (QED) is 0.604. The van der Waals surface area contributed by atoms with Crippen molar-refractivity contribution in [2.45, 2.75) is 12.3 Å². The maximum absolute atomic E-state index is 13.1. The lowest BCUT2D eigenvalue weighted by Gasteiger charge is -2.33. The molecule has 0 radical (unpaired) electrons. The van der Waals surface area contributed by atoms with Crippen LogP contribution in [0.5, 0.6) is 0 Å². The second-order valence-electron chi connectivity index (χ2n) is 7.24. The average Bonchev–Trinajstić information content (AvgIpc) is 3.16. The van der Waals surface area contributed by atoms with Gasteiger partial charge in [-0.25, -0.2) is 9.97 Å². The zero-order chi connectivity index (χ0) is 22.4. The van der Waals surface area contributed by atoms with Crippen molar-refractivity contribution in [3.8, 4) is 11.4 Å². The minimum absolute atomic E-state index is 0.0857. The van der Waals surface area contributed by atoms with Crippen molar-refractivity contribution < 1.29 is 26.3 Å². The minimum Gasteiger partial charge on any atom is -0.369 e. The van der Waals surface area contributed by atoms with Crippen molar-refractivity contribution in [3.63, 3.8) is 0 Å². The summed E-state index contributed by atoms with van der Waals surface area (Å²) < 4.78 is 73.8. The maximum Gasteiger partial charge on any atom is 0.417 e. The monoisotopic (exact) mass is 455 g/mol. The molecule has 0 spiro atoms. The van der Waals surface area contributed by atoms with Gasteiger partial charge in [-0.15, -0.1) is 0 Å². The van der Waals surface area contributed by atoms with E-state index in [2.05, 4.69) is 9.97 Å². The predicted molar refractivity (Wildman–Crippen MR) is 106 cm³/mol. The molecular weight excluding hydrogens is 435 g/mol. The third kappa shape index (κ3) is 4.15. The predicted octanol–water partition coefficient (Wildman–Crippen LogP) is 2.59. The molecule has 1 fully saturated rings. The molecule has 4 rings (SSSR count). The van der Waals surface area contributed by atoms with Gasteiger partial charge in [0.2, 0.25) is 0 Å². The van der Waals surface area contributed by atoms with Gasteiger partial charge in [-0.1, -0.05) is 6.07 Å². The topological polar surface area (TPSA) is 80.0 Å². The molecule has 1 saturated heterocycles. The molecule has 1 aliphatic heterocycles. The number of ether oxygens (including phenoxy) is 1. The second kappa shape index (κ2) is 7.86. The third-order valence-corrected chi connectivity index (χ3v) is 6.92. The molecule has 0 bridgehead atoms. The van der Waals surface area contributed by atoms with Gasteiger partial charge in [0.05, 0.1) is 35.4 Å². The van der Waals surface area contributed by atoms with Gasteiger partial charge in [0.25, 0.3) is 10.2 Å². The lowest BCUT2D eigenvalue weighted by atomic mass is 10.1. The lowest BCUT2D eigenvalue weighted by Crippen LogP contribution is -2.47. The first-order valence-corrected chi connectivity index (χ1v) is 10.8. The van der Waals surface area contributed by atoms with Crippen LogP contribution in [0.2, 0.25) is 0 Å². The largest absolute Gasteiger partial charge is 0.417 e. The van der Waals surface area contributed by atoms with E-state index in [1.54, 1.807) is 18.2 Å². The molecule has 1 atom stereocenters. The van der Waals surface area contributed by atoms with Crippen molar-refractivity contribution in [1.29, 1.82) is 0 Å². The van der Waals surface area contributed by atoms with E-state index in [0.717, 1.165) is 16.6 Å². The van der Waals surface area contributed by atoms with E-state index >= 15 is 0 Å². The van der Waals surface area contributed by atoms with Gasteiger partial charge in [-0.05, 0) is 24.3 Å². The smallest absolute Gasteiger partial charge is 0.369 e. The highest BCUT2D eigenvalue weighted by molar-refractivity contribution is 7.86. The van der Waals surface area contributed by atoms with E-state index in [4.69, 9.17) is 4.74 Å². The number of hydrogen-bond acceptors (Lipinski definition) is 5. The summed E-state index contributed by atoms with van der Waals surface area (Å²) in [5.41, 5.74) is 0.832. The van der Waals surface area contributed by atoms with Gasteiger partial charge in [0.15, 0.2) is 0 Å². The fourth-order valence-electron chi connectivity index (χ4n) is 3.36. The van der Waals surface area contributed by atoms with Crippen LogP contribution < -0.4 is 0 Å². The molecule has 8 nitrogen and oxygen atoms in total. The molecule has 0 saturated carbocycles. The Morgan fingerprint density at radius 2 is 1.97 bits per heavy atom. The summed E-state index contributed by atoms with van der Waals surface area (Å²) >= 11 is 0. The van der Waals surface area contributed by atoms with Crippen LogP contribution in [0.4, 0.5) is 13.2 Å². The van der Waals surface area contributed by atoms with Gasteiger partial charge >= 0.3 is 6.18 Å². The van der Waals surface area contributed by atoms with Crippen LogP contribution in [0.15, 0.2) is 42.7 Å². The summed E-state index contributed by atoms with van der Waals surface area (Å²) in [6.45, 7) is 0.515. The molecule has 0 aliphatic carbocycles. The molecule has 166 valence electrons. The fraction of sp³-hybridized carbons (Fsp3) is 0.368. The summed E-state index contributed by atoms with van der Waals surface area (Å²) in [5, 5.41) is 0. The maximum atomic E-state index is 13.1.